The van der Waals surface area contributed by atoms with Crippen LogP contribution >= 0.6 is 0 Å². The Balaban J connectivity index is 0.0000104. The van der Waals surface area contributed by atoms with Gasteiger partial charge in [0.25, 0.3) is 11.8 Å². The molecular weight excluding hydrogens is 1250 g/mol. The van der Waals surface area contributed by atoms with Crippen LogP contribution in [-0.4, -0.2) is 107 Å². The van der Waals surface area contributed by atoms with Gasteiger partial charge in [0.2, 0.25) is 11.8 Å². The molecule has 6 aromatic rings. The third-order valence-electron chi connectivity index (χ3n) is 9.88. The minimum Gasteiger partial charge on any atom is -0.744 e. The van der Waals surface area contributed by atoms with Crippen LogP contribution in [0, 0.1) is 0 Å². The second kappa shape index (κ2) is 29.7. The molecule has 0 saturated heterocycles. The molecule has 0 aliphatic carbocycles. The van der Waals surface area contributed by atoms with Gasteiger partial charge in [0.15, 0.2) is 0 Å². The maximum Gasteiger partial charge on any atom is 1.00 e. The number of amides is 6. The first kappa shape index (κ1) is 78.5. The number of anilines is 6. The summed E-state index contributed by atoms with van der Waals surface area (Å²) in [5, 5.41) is 10.1. The zero-order chi connectivity index (χ0) is 55.4. The summed E-state index contributed by atoms with van der Waals surface area (Å²) in [6.45, 7) is 1.93. The predicted molar refractivity (Wildman–Crippen MR) is 246 cm³/mol. The van der Waals surface area contributed by atoms with Crippen LogP contribution in [0.1, 0.15) is 34.6 Å². The minimum atomic E-state index is -5.74. The molecule has 0 saturated carbocycles. The fourth-order valence-corrected chi connectivity index (χ4v) is 10.9. The molecule has 0 heterocycles. The van der Waals surface area contributed by atoms with Crippen LogP contribution in [0.5, 0.6) is 0 Å². The first-order valence-electron chi connectivity index (χ1n) is 19.4. The van der Waals surface area contributed by atoms with Gasteiger partial charge in [-0.3, -0.25) is 19.2 Å². The smallest absolute Gasteiger partial charge is 0.744 e. The van der Waals surface area contributed by atoms with Crippen molar-refractivity contribution in [3.63, 3.8) is 0 Å². The Morgan fingerprint density at radius 3 is 0.875 bits per heavy atom. The Morgan fingerprint density at radius 1 is 0.325 bits per heavy atom. The summed E-state index contributed by atoms with van der Waals surface area (Å²) >= 11 is 0. The number of carbonyl (C=O) groups excluding carboxylic acids is 5. The molecule has 0 aliphatic heterocycles. The average Bonchev–Trinajstić information content (AvgIpc) is 3.24. The summed E-state index contributed by atoms with van der Waals surface area (Å²) in [4.78, 5) is 56.8. The van der Waals surface area contributed by atoms with Gasteiger partial charge in [0.05, 0.1) is 63.5 Å². The molecule has 6 N–H and O–H groups in total. The normalized spacial score (nSPS) is 11.5. The topological polar surface area (TPSA) is 501 Å². The summed E-state index contributed by atoms with van der Waals surface area (Å²) < 4.78 is 219. The van der Waals surface area contributed by atoms with E-state index >= 15 is 0 Å². The number of rotatable bonds is 14. The zero-order valence-corrected chi connectivity index (χ0v) is 59.3. The fourth-order valence-electron chi connectivity index (χ4n) is 6.90. The Kier molecular flexibility index (Phi) is 29.1. The number of urea groups is 1. The number of fused-ring (bicyclic) bond motifs is 2. The molecule has 80 heavy (non-hydrogen) atoms. The molecule has 0 fully saturated rings. The van der Waals surface area contributed by atoms with E-state index in [0.29, 0.717) is 36.4 Å². The Morgan fingerprint density at radius 2 is 0.613 bits per heavy atom. The monoisotopic (exact) mass is 1280 g/mol. The number of hydrogen-bond acceptors (Lipinski definition) is 23. The van der Waals surface area contributed by atoms with Gasteiger partial charge in [-0.05, 0) is 72.8 Å². The quantitative estimate of drug-likeness (QED) is 0.0436. The van der Waals surface area contributed by atoms with Crippen molar-refractivity contribution in [2.24, 2.45) is 0 Å². The van der Waals surface area contributed by atoms with Gasteiger partial charge in [-0.2, -0.15) is 0 Å². The van der Waals surface area contributed by atoms with Gasteiger partial charge in [-0.15, -0.1) is 0 Å². The van der Waals surface area contributed by atoms with Crippen molar-refractivity contribution >= 4 is 146 Å². The number of nitrogens with one attached hydrogen (secondary N) is 6. The molecule has 6 amide bonds. The van der Waals surface area contributed by atoms with Crippen molar-refractivity contribution in [2.45, 2.75) is 43.2 Å². The van der Waals surface area contributed by atoms with Crippen LogP contribution in [0.3, 0.4) is 0 Å². The van der Waals surface area contributed by atoms with E-state index in [-0.39, 0.29) is 189 Å². The van der Waals surface area contributed by atoms with Crippen LogP contribution in [0.15, 0.2) is 114 Å². The molecule has 6 rings (SSSR count). The van der Waals surface area contributed by atoms with Crippen molar-refractivity contribution in [3.05, 3.63) is 96.1 Å². The van der Waals surface area contributed by atoms with Crippen LogP contribution < -0.4 is 209 Å². The molecular formula is C39H26N6Na6O23S6. The van der Waals surface area contributed by atoms with E-state index in [2.05, 4.69) is 21.3 Å². The van der Waals surface area contributed by atoms with E-state index < -0.39 is 187 Å². The Bertz CT molecular complexity index is 3970. The number of hydrogen-bond donors (Lipinski definition) is 6. The van der Waals surface area contributed by atoms with E-state index in [9.17, 15) is 102 Å². The fraction of sp³-hybridized carbons (Fsp3) is 0.0513. The molecule has 0 unspecified atom stereocenters. The van der Waals surface area contributed by atoms with Gasteiger partial charge < -0.3 is 59.2 Å². The van der Waals surface area contributed by atoms with E-state index in [4.69, 9.17) is 0 Å². The first-order chi connectivity index (χ1) is 33.8. The van der Waals surface area contributed by atoms with E-state index in [0.717, 1.165) is 50.2 Å². The maximum atomic E-state index is 13.7. The van der Waals surface area contributed by atoms with E-state index in [1.54, 1.807) is 0 Å². The molecule has 392 valence electrons. The summed E-state index contributed by atoms with van der Waals surface area (Å²) in [7, 11) is -33.6. The SMILES string of the molecule is CC(=O)Nc1ccc2c(S(=O)(=O)[O-])cc(S(=O)(=O)[O-])cc2c1NC(=O)c1ccc(NC(=O)Nc2ccc(C(=O)Nc3c(NC(C)=O)ccc4c(S(=O)(=O)[O-])cc(S(=O)(=O)[O-])cc34)cc2S(=O)(=O)[O-])c(S(=O)(=O)[O-])c1.[Na+].[Na+].[Na+].[Na+].[Na+].[Na+]. The maximum absolute atomic E-state index is 13.7. The Labute approximate surface area is 587 Å². The molecule has 6 aromatic carbocycles. The summed E-state index contributed by atoms with van der Waals surface area (Å²) in [5.74, 6) is -4.50. The molecule has 0 aliphatic rings. The first-order valence-corrected chi connectivity index (χ1v) is 27.8. The molecule has 0 bridgehead atoms. The summed E-state index contributed by atoms with van der Waals surface area (Å²) in [6.07, 6.45) is 0. The van der Waals surface area contributed by atoms with Gasteiger partial charge in [0, 0.05) is 46.5 Å². The van der Waals surface area contributed by atoms with Crippen molar-refractivity contribution < 1.29 is 279 Å². The van der Waals surface area contributed by atoms with Crippen LogP contribution in [-0.2, 0) is 70.3 Å². The van der Waals surface area contributed by atoms with Crippen LogP contribution in [0.25, 0.3) is 21.5 Å². The third-order valence-corrected chi connectivity index (χ3v) is 15.0. The van der Waals surface area contributed by atoms with Gasteiger partial charge in [-0.1, -0.05) is 12.1 Å². The average molecular weight is 1280 g/mol. The van der Waals surface area contributed by atoms with Gasteiger partial charge in [-0.25, -0.2) is 55.3 Å². The van der Waals surface area contributed by atoms with Gasteiger partial charge in [0.1, 0.15) is 60.7 Å². The number of benzene rings is 6. The summed E-state index contributed by atoms with van der Waals surface area (Å²) in [6, 6.07) is 7.21. The van der Waals surface area contributed by atoms with E-state index in [1.165, 1.54) is 0 Å². The van der Waals surface area contributed by atoms with Crippen LogP contribution in [0.2, 0.25) is 0 Å². The van der Waals surface area contributed by atoms with Crippen molar-refractivity contribution in [2.75, 3.05) is 31.9 Å². The molecule has 29 nitrogen and oxygen atoms in total. The standard InChI is InChI=1S/C39H32N6O23S6.6Na/c1-17(46)40-29-9-5-23-25(13-21(69(51,52)53)15-31(23)71(57,58)59)35(29)44-37(48)19-3-7-27(33(11-19)73(63,64)65)42-39(50)43-28-8-4-20(12-34(28)74(66,67)68)38(49)45-36-26-14-22(70(54,55)56)16-32(72(60,61)62)24(26)6-10-30(36)41-18(2)47;;;;;;/h3-16H,1-2H3,(H,40,46)(H,41,47)(H,44,48)(H,45,49)(H2,42,43,50)(H,51,52,53)(H,54,55,56)(H,57,58,59)(H,60,61,62)(H,63,64,65)(H,66,67,68);;;;;;/q;6*+1/p-6. The number of carbonyl (C=O) groups is 5. The van der Waals surface area contributed by atoms with Crippen LogP contribution in [0.4, 0.5) is 38.9 Å². The molecule has 0 radical (unpaired) electrons. The second-order valence-electron chi connectivity index (χ2n) is 15.0. The third kappa shape index (κ3) is 19.2. The zero-order valence-electron chi connectivity index (χ0n) is 42.4. The van der Waals surface area contributed by atoms with Crippen molar-refractivity contribution in [1.82, 2.24) is 0 Å². The Hall–Kier alpha value is -1.55. The predicted octanol–water partition coefficient (Wildman–Crippen LogP) is -16.5. The molecule has 0 spiro atoms. The molecule has 41 heteroatoms. The molecule has 0 atom stereocenters. The minimum absolute atomic E-state index is 0. The van der Waals surface area contributed by atoms with Gasteiger partial charge >= 0.3 is 183 Å². The second-order valence-corrected chi connectivity index (χ2v) is 23.2. The van der Waals surface area contributed by atoms with E-state index in [1.807, 2.05) is 10.6 Å². The van der Waals surface area contributed by atoms with Crippen molar-refractivity contribution in [3.8, 4) is 0 Å². The van der Waals surface area contributed by atoms with Crippen molar-refractivity contribution in [1.29, 1.82) is 0 Å². The molecule has 0 aromatic heterocycles. The largest absolute Gasteiger partial charge is 1.00 e. The summed E-state index contributed by atoms with van der Waals surface area (Å²) in [5.41, 5.74) is -5.54.